The molecule has 0 spiro atoms. The zero-order valence-electron chi connectivity index (χ0n) is 5.82. The summed E-state index contributed by atoms with van der Waals surface area (Å²) < 4.78 is 0. The Morgan fingerprint density at radius 3 is 1.20 bits per heavy atom. The van der Waals surface area contributed by atoms with Crippen molar-refractivity contribution in [3.05, 3.63) is 0 Å². The minimum Gasteiger partial charge on any atom is -0.301 e. The molecule has 0 atom stereocenters. The van der Waals surface area contributed by atoms with Gasteiger partial charge in [0.05, 0.1) is 0 Å². The SMILES string of the molecule is BrCCN(CCBr)CCBr. The second kappa shape index (κ2) is 8.50. The number of halogens is 3. The highest BCUT2D eigenvalue weighted by Crippen LogP contribution is 1.95. The van der Waals surface area contributed by atoms with Gasteiger partial charge >= 0.3 is 0 Å². The Balaban J connectivity index is 3.30. The van der Waals surface area contributed by atoms with E-state index in [0.29, 0.717) is 0 Å². The maximum atomic E-state index is 3.42. The molecule has 1 nitrogen and oxygen atoms in total. The fourth-order valence-electron chi connectivity index (χ4n) is 0.694. The van der Waals surface area contributed by atoms with Gasteiger partial charge in [0.2, 0.25) is 0 Å². The van der Waals surface area contributed by atoms with Gasteiger partial charge in [0, 0.05) is 35.6 Å². The molecule has 10 heavy (non-hydrogen) atoms. The molecule has 0 aromatic carbocycles. The third kappa shape index (κ3) is 6.13. The van der Waals surface area contributed by atoms with Crippen LogP contribution in [0.2, 0.25) is 0 Å². The largest absolute Gasteiger partial charge is 0.301 e. The van der Waals surface area contributed by atoms with Crippen LogP contribution >= 0.6 is 47.8 Å². The molecule has 0 unspecified atom stereocenters. The van der Waals surface area contributed by atoms with E-state index in [1.807, 2.05) is 0 Å². The van der Waals surface area contributed by atoms with E-state index in [4.69, 9.17) is 0 Å². The van der Waals surface area contributed by atoms with Gasteiger partial charge in [-0.05, 0) is 0 Å². The van der Waals surface area contributed by atoms with Crippen LogP contribution in [0.4, 0.5) is 0 Å². The van der Waals surface area contributed by atoms with Crippen molar-refractivity contribution in [3.8, 4) is 0 Å². The number of rotatable bonds is 6. The molecular formula is C6H12Br3N. The molecule has 0 heterocycles. The van der Waals surface area contributed by atoms with E-state index in [0.717, 1.165) is 35.6 Å². The second-order valence-electron chi connectivity index (χ2n) is 1.91. The number of nitrogens with zero attached hydrogens (tertiary/aromatic N) is 1. The van der Waals surface area contributed by atoms with Crippen LogP contribution in [0.5, 0.6) is 0 Å². The normalized spacial score (nSPS) is 10.8. The van der Waals surface area contributed by atoms with Crippen molar-refractivity contribution in [3.63, 3.8) is 0 Å². The molecule has 0 aromatic rings. The van der Waals surface area contributed by atoms with E-state index >= 15 is 0 Å². The third-order valence-electron chi connectivity index (χ3n) is 1.20. The zero-order valence-corrected chi connectivity index (χ0v) is 10.6. The van der Waals surface area contributed by atoms with Gasteiger partial charge < -0.3 is 4.90 Å². The number of alkyl halides is 3. The molecule has 0 fully saturated rings. The summed E-state index contributed by atoms with van der Waals surface area (Å²) in [6.07, 6.45) is 0. The van der Waals surface area contributed by atoms with Crippen molar-refractivity contribution >= 4 is 47.8 Å². The van der Waals surface area contributed by atoms with Crippen molar-refractivity contribution < 1.29 is 0 Å². The summed E-state index contributed by atoms with van der Waals surface area (Å²) in [7, 11) is 0. The smallest absolute Gasteiger partial charge is 0.0159 e. The maximum absolute atomic E-state index is 3.42. The van der Waals surface area contributed by atoms with E-state index in [-0.39, 0.29) is 0 Å². The van der Waals surface area contributed by atoms with Gasteiger partial charge in [-0.3, -0.25) is 0 Å². The van der Waals surface area contributed by atoms with E-state index < -0.39 is 0 Å². The lowest BCUT2D eigenvalue weighted by atomic mass is 10.5. The number of hydrogen-bond donors (Lipinski definition) is 0. The standard InChI is InChI=1S/C6H12Br3N/c7-1-4-10(5-2-8)6-3-9/h1-6H2. The van der Waals surface area contributed by atoms with Crippen LogP contribution in [0.1, 0.15) is 0 Å². The van der Waals surface area contributed by atoms with Crippen molar-refractivity contribution in [2.75, 3.05) is 35.6 Å². The summed E-state index contributed by atoms with van der Waals surface area (Å²) in [4.78, 5) is 2.40. The number of hydrogen-bond acceptors (Lipinski definition) is 1. The third-order valence-corrected chi connectivity index (χ3v) is 2.27. The first-order chi connectivity index (χ1) is 4.85. The Labute approximate surface area is 87.9 Å². The summed E-state index contributed by atoms with van der Waals surface area (Å²) in [6.45, 7) is 3.41. The Morgan fingerprint density at radius 1 is 0.700 bits per heavy atom. The lowest BCUT2D eigenvalue weighted by Gasteiger charge is -2.17. The van der Waals surface area contributed by atoms with Crippen LogP contribution in [0.3, 0.4) is 0 Å². The van der Waals surface area contributed by atoms with Crippen molar-refractivity contribution in [2.24, 2.45) is 0 Å². The molecular weight excluding hydrogens is 326 g/mol. The minimum absolute atomic E-state index is 1.06. The summed E-state index contributed by atoms with van der Waals surface area (Å²) in [5, 5.41) is 3.19. The monoisotopic (exact) mass is 335 g/mol. The average Bonchev–Trinajstić information content (AvgIpc) is 1.90. The predicted molar refractivity (Wildman–Crippen MR) is 57.8 cm³/mol. The van der Waals surface area contributed by atoms with Crippen LogP contribution in [0.15, 0.2) is 0 Å². The molecule has 0 N–H and O–H groups in total. The van der Waals surface area contributed by atoms with Gasteiger partial charge in [-0.2, -0.15) is 0 Å². The Kier molecular flexibility index (Phi) is 9.69. The summed E-state index contributed by atoms with van der Waals surface area (Å²) in [5.41, 5.74) is 0. The Hall–Kier alpha value is 1.40. The van der Waals surface area contributed by atoms with Crippen LogP contribution < -0.4 is 0 Å². The molecule has 0 radical (unpaired) electrons. The highest BCUT2D eigenvalue weighted by Gasteiger charge is 1.99. The lowest BCUT2D eigenvalue weighted by molar-refractivity contribution is 0.332. The van der Waals surface area contributed by atoms with E-state index in [1.54, 1.807) is 0 Å². The molecule has 4 heteroatoms. The molecule has 0 bridgehead atoms. The molecule has 62 valence electrons. The van der Waals surface area contributed by atoms with Crippen LogP contribution in [0, 0.1) is 0 Å². The molecule has 0 aromatic heterocycles. The van der Waals surface area contributed by atoms with Gasteiger partial charge in [0.25, 0.3) is 0 Å². The summed E-state index contributed by atoms with van der Waals surface area (Å²) in [5.74, 6) is 0. The zero-order chi connectivity index (χ0) is 7.82. The highest BCUT2D eigenvalue weighted by molar-refractivity contribution is 9.09. The molecule has 0 amide bonds. The fraction of sp³-hybridized carbons (Fsp3) is 1.00. The van der Waals surface area contributed by atoms with Gasteiger partial charge in [-0.1, -0.05) is 47.8 Å². The maximum Gasteiger partial charge on any atom is 0.0159 e. The van der Waals surface area contributed by atoms with Gasteiger partial charge in [-0.25, -0.2) is 0 Å². The summed E-state index contributed by atoms with van der Waals surface area (Å²) >= 11 is 10.3. The fourth-order valence-corrected chi connectivity index (χ4v) is 2.20. The highest BCUT2D eigenvalue weighted by atomic mass is 79.9. The first kappa shape index (κ1) is 11.4. The second-order valence-corrected chi connectivity index (χ2v) is 4.29. The summed E-state index contributed by atoms with van der Waals surface area (Å²) in [6, 6.07) is 0. The van der Waals surface area contributed by atoms with Crippen molar-refractivity contribution in [2.45, 2.75) is 0 Å². The van der Waals surface area contributed by atoms with E-state index in [2.05, 4.69) is 52.7 Å². The minimum atomic E-state index is 1.06. The van der Waals surface area contributed by atoms with Gasteiger partial charge in [0.15, 0.2) is 0 Å². The molecule has 0 rings (SSSR count). The molecule has 0 aliphatic carbocycles. The van der Waals surface area contributed by atoms with E-state index in [9.17, 15) is 0 Å². The first-order valence-electron chi connectivity index (χ1n) is 3.25. The Bertz CT molecular complexity index is 55.7. The lowest BCUT2D eigenvalue weighted by Crippen LogP contribution is -2.29. The van der Waals surface area contributed by atoms with Crippen molar-refractivity contribution in [1.29, 1.82) is 0 Å². The van der Waals surface area contributed by atoms with E-state index in [1.165, 1.54) is 0 Å². The molecule has 0 saturated carbocycles. The average molecular weight is 338 g/mol. The topological polar surface area (TPSA) is 3.24 Å². The molecule has 0 saturated heterocycles. The van der Waals surface area contributed by atoms with Crippen LogP contribution in [-0.4, -0.2) is 40.5 Å². The Morgan fingerprint density at radius 2 is 1.00 bits per heavy atom. The molecule has 0 aliphatic rings. The van der Waals surface area contributed by atoms with Crippen LogP contribution in [-0.2, 0) is 0 Å². The molecule has 0 aliphatic heterocycles. The van der Waals surface area contributed by atoms with Crippen LogP contribution in [0.25, 0.3) is 0 Å². The quantitative estimate of drug-likeness (QED) is 0.673. The predicted octanol–water partition coefficient (Wildman–Crippen LogP) is 2.47. The van der Waals surface area contributed by atoms with Gasteiger partial charge in [0.1, 0.15) is 0 Å². The first-order valence-corrected chi connectivity index (χ1v) is 6.61. The van der Waals surface area contributed by atoms with Crippen molar-refractivity contribution in [1.82, 2.24) is 4.90 Å². The van der Waals surface area contributed by atoms with Gasteiger partial charge in [-0.15, -0.1) is 0 Å².